The average molecular weight is 262 g/mol. The lowest BCUT2D eigenvalue weighted by atomic mass is 9.99. The van der Waals surface area contributed by atoms with Crippen molar-refractivity contribution < 1.29 is 14.4 Å². The van der Waals surface area contributed by atoms with Crippen molar-refractivity contribution in [2.45, 2.75) is 26.2 Å². The van der Waals surface area contributed by atoms with Crippen LogP contribution >= 0.6 is 0 Å². The first-order valence-corrected chi connectivity index (χ1v) is 7.20. The molecule has 19 heavy (non-hydrogen) atoms. The highest BCUT2D eigenvalue weighted by molar-refractivity contribution is 5.96. The van der Waals surface area contributed by atoms with Crippen LogP contribution < -0.4 is 9.64 Å². The fourth-order valence-electron chi connectivity index (χ4n) is 2.84. The molecule has 0 bridgehead atoms. The Labute approximate surface area is 115 Å². The summed E-state index contributed by atoms with van der Waals surface area (Å²) >= 11 is 0. The van der Waals surface area contributed by atoms with Crippen LogP contribution in [0.15, 0.2) is 24.3 Å². The van der Waals surface area contributed by atoms with Gasteiger partial charge in [-0.2, -0.15) is 0 Å². The molecular formula is C16H24NO2+. The molecule has 3 nitrogen and oxygen atoms in total. The summed E-state index contributed by atoms with van der Waals surface area (Å²) in [5, 5.41) is 0. The zero-order valence-electron chi connectivity index (χ0n) is 11.9. The van der Waals surface area contributed by atoms with Gasteiger partial charge in [0.05, 0.1) is 33.2 Å². The van der Waals surface area contributed by atoms with Gasteiger partial charge in [-0.25, -0.2) is 0 Å². The van der Waals surface area contributed by atoms with E-state index in [0.717, 1.165) is 23.8 Å². The maximum atomic E-state index is 12.1. The summed E-state index contributed by atoms with van der Waals surface area (Å²) in [7, 11) is 1.64. The van der Waals surface area contributed by atoms with E-state index in [0.29, 0.717) is 6.42 Å². The highest BCUT2D eigenvalue weighted by atomic mass is 16.5. The van der Waals surface area contributed by atoms with E-state index in [1.165, 1.54) is 25.9 Å². The molecule has 1 aliphatic rings. The molecule has 1 heterocycles. The van der Waals surface area contributed by atoms with Crippen LogP contribution in [0.4, 0.5) is 0 Å². The van der Waals surface area contributed by atoms with Gasteiger partial charge in [0, 0.05) is 11.5 Å². The van der Waals surface area contributed by atoms with Crippen LogP contribution in [0.3, 0.4) is 0 Å². The van der Waals surface area contributed by atoms with E-state index in [-0.39, 0.29) is 5.78 Å². The van der Waals surface area contributed by atoms with Crippen LogP contribution in [0.25, 0.3) is 0 Å². The number of hydrogen-bond donors (Lipinski definition) is 1. The van der Waals surface area contributed by atoms with Crippen molar-refractivity contribution in [2.24, 2.45) is 5.92 Å². The van der Waals surface area contributed by atoms with Gasteiger partial charge in [0.25, 0.3) is 0 Å². The molecule has 1 fully saturated rings. The fraction of sp³-hybridized carbons (Fsp3) is 0.562. The summed E-state index contributed by atoms with van der Waals surface area (Å²) in [6.45, 7) is 5.72. The Balaban J connectivity index is 1.83. The molecule has 1 aromatic rings. The van der Waals surface area contributed by atoms with E-state index in [1.54, 1.807) is 12.0 Å². The minimum Gasteiger partial charge on any atom is -0.497 e. The van der Waals surface area contributed by atoms with Gasteiger partial charge in [0.1, 0.15) is 5.75 Å². The SMILES string of the molecule is COc1ccc(C(=O)CC[NH+]2CCC[C@@H](C)C2)cc1. The number of Topliss-reactive ketones (excluding diaryl/α,β-unsaturated/α-hetero) is 1. The Morgan fingerprint density at radius 2 is 2.11 bits per heavy atom. The Morgan fingerprint density at radius 3 is 2.74 bits per heavy atom. The van der Waals surface area contributed by atoms with Crippen molar-refractivity contribution in [3.8, 4) is 5.75 Å². The van der Waals surface area contributed by atoms with Gasteiger partial charge in [0.2, 0.25) is 0 Å². The maximum absolute atomic E-state index is 12.1. The van der Waals surface area contributed by atoms with Gasteiger partial charge in [-0.05, 0) is 37.1 Å². The Bertz CT molecular complexity index is 413. The molecule has 0 amide bonds. The van der Waals surface area contributed by atoms with Crippen LogP contribution in [0.2, 0.25) is 0 Å². The predicted octanol–water partition coefficient (Wildman–Crippen LogP) is 1.58. The van der Waals surface area contributed by atoms with Crippen molar-refractivity contribution in [1.29, 1.82) is 0 Å². The first-order valence-electron chi connectivity index (χ1n) is 7.20. The Hall–Kier alpha value is -1.35. The normalized spacial score (nSPS) is 23.1. The summed E-state index contributed by atoms with van der Waals surface area (Å²) in [5.74, 6) is 1.85. The van der Waals surface area contributed by atoms with E-state index < -0.39 is 0 Å². The van der Waals surface area contributed by atoms with Crippen molar-refractivity contribution in [3.63, 3.8) is 0 Å². The third kappa shape index (κ3) is 4.06. The molecule has 0 radical (unpaired) electrons. The molecule has 0 aromatic heterocycles. The lowest BCUT2D eigenvalue weighted by molar-refractivity contribution is -0.907. The molecule has 0 aliphatic carbocycles. The topological polar surface area (TPSA) is 30.7 Å². The molecule has 0 saturated carbocycles. The maximum Gasteiger partial charge on any atom is 0.168 e. The van der Waals surface area contributed by atoms with Crippen LogP contribution in [0, 0.1) is 5.92 Å². The summed E-state index contributed by atoms with van der Waals surface area (Å²) < 4.78 is 5.10. The number of methoxy groups -OCH3 is 1. The molecule has 1 unspecified atom stereocenters. The van der Waals surface area contributed by atoms with E-state index >= 15 is 0 Å². The van der Waals surface area contributed by atoms with Crippen LogP contribution in [-0.2, 0) is 0 Å². The number of carbonyl (C=O) groups is 1. The molecule has 1 N–H and O–H groups in total. The minimum absolute atomic E-state index is 0.244. The minimum atomic E-state index is 0.244. The van der Waals surface area contributed by atoms with Crippen LogP contribution in [0.1, 0.15) is 36.5 Å². The van der Waals surface area contributed by atoms with E-state index in [1.807, 2.05) is 24.3 Å². The molecule has 1 saturated heterocycles. The molecule has 0 spiro atoms. The molecule has 104 valence electrons. The van der Waals surface area contributed by atoms with Gasteiger partial charge < -0.3 is 9.64 Å². The molecule has 1 aromatic carbocycles. The third-order valence-corrected chi connectivity index (χ3v) is 3.98. The second kappa shape index (κ2) is 6.71. The predicted molar refractivity (Wildman–Crippen MR) is 75.9 cm³/mol. The molecule has 2 rings (SSSR count). The van der Waals surface area contributed by atoms with E-state index in [2.05, 4.69) is 6.92 Å². The number of ether oxygens (including phenoxy) is 1. The zero-order chi connectivity index (χ0) is 13.7. The number of benzene rings is 1. The molecule has 2 atom stereocenters. The smallest absolute Gasteiger partial charge is 0.168 e. The van der Waals surface area contributed by atoms with Crippen molar-refractivity contribution in [1.82, 2.24) is 0 Å². The summed E-state index contributed by atoms with van der Waals surface area (Å²) in [6.07, 6.45) is 3.29. The van der Waals surface area contributed by atoms with E-state index in [4.69, 9.17) is 4.74 Å². The number of nitrogens with one attached hydrogen (secondary N) is 1. The van der Waals surface area contributed by atoms with Gasteiger partial charge in [-0.15, -0.1) is 0 Å². The number of hydrogen-bond acceptors (Lipinski definition) is 2. The lowest BCUT2D eigenvalue weighted by Crippen LogP contribution is -3.13. The van der Waals surface area contributed by atoms with Crippen LogP contribution in [0.5, 0.6) is 5.75 Å². The van der Waals surface area contributed by atoms with Gasteiger partial charge >= 0.3 is 0 Å². The standard InChI is InChI=1S/C16H23NO2/c1-13-4-3-10-17(12-13)11-9-16(18)14-5-7-15(19-2)8-6-14/h5-8,13H,3-4,9-12H2,1-2H3/p+1/t13-/m1/s1. The second-order valence-electron chi connectivity index (χ2n) is 5.60. The summed E-state index contributed by atoms with van der Waals surface area (Å²) in [5.41, 5.74) is 0.797. The number of ketones is 1. The Kier molecular flexibility index (Phi) is 4.97. The molecule has 3 heteroatoms. The third-order valence-electron chi connectivity index (χ3n) is 3.98. The second-order valence-corrected chi connectivity index (χ2v) is 5.60. The largest absolute Gasteiger partial charge is 0.497 e. The van der Waals surface area contributed by atoms with Crippen molar-refractivity contribution in [2.75, 3.05) is 26.7 Å². The quantitative estimate of drug-likeness (QED) is 0.817. The first-order chi connectivity index (χ1) is 9.19. The number of likely N-dealkylation sites (tertiary alicyclic amines) is 1. The summed E-state index contributed by atoms with van der Waals surface area (Å²) in [6, 6.07) is 7.41. The highest BCUT2D eigenvalue weighted by Gasteiger charge is 2.20. The average Bonchev–Trinajstić information content (AvgIpc) is 2.45. The summed E-state index contributed by atoms with van der Waals surface area (Å²) in [4.78, 5) is 13.7. The number of piperidine rings is 1. The zero-order valence-corrected chi connectivity index (χ0v) is 11.9. The van der Waals surface area contributed by atoms with Crippen molar-refractivity contribution >= 4 is 5.78 Å². The Morgan fingerprint density at radius 1 is 1.37 bits per heavy atom. The van der Waals surface area contributed by atoms with Gasteiger partial charge in [-0.3, -0.25) is 4.79 Å². The number of carbonyl (C=O) groups excluding carboxylic acids is 1. The van der Waals surface area contributed by atoms with Gasteiger partial charge in [0.15, 0.2) is 5.78 Å². The van der Waals surface area contributed by atoms with Crippen LogP contribution in [-0.4, -0.2) is 32.5 Å². The monoisotopic (exact) mass is 262 g/mol. The lowest BCUT2D eigenvalue weighted by Gasteiger charge is -2.27. The molecule has 1 aliphatic heterocycles. The number of quaternary nitrogens is 1. The number of rotatable bonds is 5. The van der Waals surface area contributed by atoms with Gasteiger partial charge in [-0.1, -0.05) is 6.92 Å². The van der Waals surface area contributed by atoms with E-state index in [9.17, 15) is 4.79 Å². The first kappa shape index (κ1) is 14.1. The highest BCUT2D eigenvalue weighted by Crippen LogP contribution is 2.12. The fourth-order valence-corrected chi connectivity index (χ4v) is 2.84. The molecular weight excluding hydrogens is 238 g/mol. The van der Waals surface area contributed by atoms with Crippen molar-refractivity contribution in [3.05, 3.63) is 29.8 Å².